The second-order valence-electron chi connectivity index (χ2n) is 5.79. The third kappa shape index (κ3) is 3.54. The van der Waals surface area contributed by atoms with Crippen LogP contribution in [0, 0.1) is 11.3 Å². The number of nitriles is 1. The highest BCUT2D eigenvalue weighted by Gasteiger charge is 2.09. The van der Waals surface area contributed by atoms with Crippen molar-refractivity contribution in [2.45, 2.75) is 6.61 Å². The van der Waals surface area contributed by atoms with Crippen molar-refractivity contribution < 1.29 is 4.74 Å². The van der Waals surface area contributed by atoms with Gasteiger partial charge < -0.3 is 15.0 Å². The number of benzene rings is 2. The van der Waals surface area contributed by atoms with Crippen molar-refractivity contribution in [3.05, 3.63) is 77.2 Å². The highest BCUT2D eigenvalue weighted by atomic mass is 35.5. The first-order chi connectivity index (χ1) is 13.2. The Hall–Kier alpha value is -3.56. The molecule has 6 nitrogen and oxygen atoms in total. The molecule has 7 heteroatoms. The number of hydrogen-bond donors (Lipinski definition) is 2. The van der Waals surface area contributed by atoms with Crippen LogP contribution in [0.3, 0.4) is 0 Å². The van der Waals surface area contributed by atoms with E-state index in [0.717, 1.165) is 22.3 Å². The number of fused-ring (bicyclic) bond motifs is 1. The van der Waals surface area contributed by atoms with Gasteiger partial charge in [-0.3, -0.25) is 0 Å². The third-order valence-electron chi connectivity index (χ3n) is 4.06. The molecule has 0 aliphatic rings. The minimum absolute atomic E-state index is 0.269. The van der Waals surface area contributed by atoms with Crippen LogP contribution in [0.5, 0.6) is 5.75 Å². The van der Waals surface area contributed by atoms with Crippen molar-refractivity contribution in [2.75, 3.05) is 5.32 Å². The lowest BCUT2D eigenvalue weighted by atomic mass is 10.1. The van der Waals surface area contributed by atoms with Crippen molar-refractivity contribution in [3.63, 3.8) is 0 Å². The van der Waals surface area contributed by atoms with Crippen LogP contribution in [0.15, 0.2) is 61.1 Å². The number of rotatable bonds is 5. The normalized spacial score (nSPS) is 10.5. The van der Waals surface area contributed by atoms with Crippen molar-refractivity contribution >= 4 is 34.1 Å². The van der Waals surface area contributed by atoms with Gasteiger partial charge in [-0.15, -0.1) is 0 Å². The third-order valence-corrected chi connectivity index (χ3v) is 4.36. The van der Waals surface area contributed by atoms with E-state index >= 15 is 0 Å². The Morgan fingerprint density at radius 2 is 2.04 bits per heavy atom. The van der Waals surface area contributed by atoms with E-state index in [4.69, 9.17) is 21.6 Å². The standard InChI is InChI=1S/C20H14ClN5O/c21-16-9-15(26-20-19-17(7-8-23-19)24-12-25-20)5-6-18(16)27-11-14-4-2-1-3-13(14)10-22/h1-9,12,23H,11H2,(H,24,25,26). The summed E-state index contributed by atoms with van der Waals surface area (Å²) in [6.45, 7) is 0.269. The van der Waals surface area contributed by atoms with Crippen molar-refractivity contribution in [2.24, 2.45) is 0 Å². The van der Waals surface area contributed by atoms with Gasteiger partial charge in [-0.25, -0.2) is 9.97 Å². The first kappa shape index (κ1) is 16.9. The highest BCUT2D eigenvalue weighted by Crippen LogP contribution is 2.30. The molecule has 2 aromatic heterocycles. The number of hydrogen-bond acceptors (Lipinski definition) is 5. The lowest BCUT2D eigenvalue weighted by Gasteiger charge is -2.11. The van der Waals surface area contributed by atoms with E-state index in [1.165, 1.54) is 6.33 Å². The summed E-state index contributed by atoms with van der Waals surface area (Å²) in [4.78, 5) is 11.6. The van der Waals surface area contributed by atoms with Crippen LogP contribution in [-0.2, 0) is 6.61 Å². The van der Waals surface area contributed by atoms with Crippen LogP contribution in [0.2, 0.25) is 5.02 Å². The maximum Gasteiger partial charge on any atom is 0.158 e. The number of H-pyrrole nitrogens is 1. The van der Waals surface area contributed by atoms with Gasteiger partial charge in [-0.2, -0.15) is 5.26 Å². The second-order valence-corrected chi connectivity index (χ2v) is 6.20. The topological polar surface area (TPSA) is 86.6 Å². The zero-order valence-corrected chi connectivity index (χ0v) is 14.9. The Kier molecular flexibility index (Phi) is 4.60. The summed E-state index contributed by atoms with van der Waals surface area (Å²) in [6, 6.07) is 16.8. The fourth-order valence-electron chi connectivity index (χ4n) is 2.71. The maximum atomic E-state index is 9.15. The molecule has 27 heavy (non-hydrogen) atoms. The molecule has 2 aromatic carbocycles. The molecule has 0 spiro atoms. The number of ether oxygens (including phenoxy) is 1. The molecule has 132 valence electrons. The summed E-state index contributed by atoms with van der Waals surface area (Å²) in [6.07, 6.45) is 3.32. The smallest absolute Gasteiger partial charge is 0.158 e. The zero-order valence-electron chi connectivity index (χ0n) is 14.1. The minimum atomic E-state index is 0.269. The fourth-order valence-corrected chi connectivity index (χ4v) is 2.94. The maximum absolute atomic E-state index is 9.15. The van der Waals surface area contributed by atoms with Gasteiger partial charge in [-0.1, -0.05) is 29.8 Å². The van der Waals surface area contributed by atoms with Gasteiger partial charge in [0, 0.05) is 17.4 Å². The molecule has 0 aliphatic carbocycles. The molecule has 4 aromatic rings. The Morgan fingerprint density at radius 1 is 1.15 bits per heavy atom. The van der Waals surface area contributed by atoms with E-state index in [1.807, 2.05) is 36.5 Å². The highest BCUT2D eigenvalue weighted by molar-refractivity contribution is 6.32. The number of aromatic amines is 1. The molecule has 2 N–H and O–H groups in total. The molecule has 0 saturated carbocycles. The number of aromatic nitrogens is 3. The van der Waals surface area contributed by atoms with E-state index < -0.39 is 0 Å². The zero-order chi connectivity index (χ0) is 18.6. The summed E-state index contributed by atoms with van der Waals surface area (Å²) in [5, 5.41) is 12.8. The average molecular weight is 376 g/mol. The molecule has 0 saturated heterocycles. The lowest BCUT2D eigenvalue weighted by molar-refractivity contribution is 0.306. The lowest BCUT2D eigenvalue weighted by Crippen LogP contribution is -1.99. The predicted octanol–water partition coefficient (Wildman–Crippen LogP) is 4.81. The van der Waals surface area contributed by atoms with Gasteiger partial charge in [0.05, 0.1) is 22.2 Å². The molecular weight excluding hydrogens is 362 g/mol. The molecule has 4 rings (SSSR count). The van der Waals surface area contributed by atoms with Crippen LogP contribution in [0.1, 0.15) is 11.1 Å². The average Bonchev–Trinajstić information content (AvgIpc) is 3.17. The molecule has 0 fully saturated rings. The molecule has 0 unspecified atom stereocenters. The van der Waals surface area contributed by atoms with Gasteiger partial charge in [0.1, 0.15) is 24.2 Å². The first-order valence-corrected chi connectivity index (χ1v) is 8.58. The summed E-state index contributed by atoms with van der Waals surface area (Å²) < 4.78 is 5.79. The summed E-state index contributed by atoms with van der Waals surface area (Å²) in [7, 11) is 0. The molecular formula is C20H14ClN5O. The predicted molar refractivity (Wildman–Crippen MR) is 104 cm³/mol. The van der Waals surface area contributed by atoms with Crippen LogP contribution in [0.4, 0.5) is 11.5 Å². The van der Waals surface area contributed by atoms with E-state index in [1.54, 1.807) is 18.2 Å². The van der Waals surface area contributed by atoms with Gasteiger partial charge in [-0.05, 0) is 30.3 Å². The quantitative estimate of drug-likeness (QED) is 0.523. The van der Waals surface area contributed by atoms with E-state index in [-0.39, 0.29) is 6.61 Å². The van der Waals surface area contributed by atoms with E-state index in [9.17, 15) is 0 Å². The minimum Gasteiger partial charge on any atom is -0.487 e. The van der Waals surface area contributed by atoms with Crippen LogP contribution in [-0.4, -0.2) is 15.0 Å². The van der Waals surface area contributed by atoms with Gasteiger partial charge in [0.25, 0.3) is 0 Å². The molecule has 0 atom stereocenters. The number of nitrogens with one attached hydrogen (secondary N) is 2. The summed E-state index contributed by atoms with van der Waals surface area (Å²) in [5.41, 5.74) is 3.83. The SMILES string of the molecule is N#Cc1ccccc1COc1ccc(Nc2ncnc3cc[nH]c23)cc1Cl. The van der Waals surface area contributed by atoms with E-state index in [2.05, 4.69) is 26.3 Å². The molecule has 2 heterocycles. The Bertz CT molecular complexity index is 1150. The second kappa shape index (κ2) is 7.36. The van der Waals surface area contributed by atoms with Gasteiger partial charge in [0.15, 0.2) is 5.82 Å². The Morgan fingerprint density at radius 3 is 2.89 bits per heavy atom. The van der Waals surface area contributed by atoms with Crippen molar-refractivity contribution in [3.8, 4) is 11.8 Å². The number of nitrogens with zero attached hydrogens (tertiary/aromatic N) is 3. The van der Waals surface area contributed by atoms with Crippen LogP contribution < -0.4 is 10.1 Å². The van der Waals surface area contributed by atoms with Crippen LogP contribution >= 0.6 is 11.6 Å². The number of halogens is 1. The molecule has 0 aliphatic heterocycles. The molecule has 0 bridgehead atoms. The fraction of sp³-hybridized carbons (Fsp3) is 0.0500. The van der Waals surface area contributed by atoms with Crippen molar-refractivity contribution in [1.29, 1.82) is 5.26 Å². The van der Waals surface area contributed by atoms with Gasteiger partial charge in [0.2, 0.25) is 0 Å². The molecule has 0 amide bonds. The van der Waals surface area contributed by atoms with E-state index in [0.29, 0.717) is 22.2 Å². The monoisotopic (exact) mass is 375 g/mol. The Balaban J connectivity index is 1.51. The Labute approximate surface area is 160 Å². The molecule has 0 radical (unpaired) electrons. The number of anilines is 2. The van der Waals surface area contributed by atoms with Crippen LogP contribution in [0.25, 0.3) is 11.0 Å². The first-order valence-electron chi connectivity index (χ1n) is 8.20. The largest absolute Gasteiger partial charge is 0.487 e. The summed E-state index contributed by atoms with van der Waals surface area (Å²) >= 11 is 6.36. The van der Waals surface area contributed by atoms with Gasteiger partial charge >= 0.3 is 0 Å². The van der Waals surface area contributed by atoms with Crippen molar-refractivity contribution in [1.82, 2.24) is 15.0 Å². The summed E-state index contributed by atoms with van der Waals surface area (Å²) in [5.74, 6) is 1.21.